The van der Waals surface area contributed by atoms with Crippen molar-refractivity contribution in [2.75, 3.05) is 13.2 Å². The molecule has 0 spiro atoms. The van der Waals surface area contributed by atoms with Crippen molar-refractivity contribution in [2.24, 2.45) is 0 Å². The van der Waals surface area contributed by atoms with Crippen molar-refractivity contribution in [1.29, 1.82) is 0 Å². The summed E-state index contributed by atoms with van der Waals surface area (Å²) < 4.78 is 0. The number of hydrogen-bond acceptors (Lipinski definition) is 3. The van der Waals surface area contributed by atoms with E-state index in [1.807, 2.05) is 23.6 Å². The van der Waals surface area contributed by atoms with Crippen molar-refractivity contribution in [2.45, 2.75) is 18.9 Å². The molecule has 86 valence electrons. The lowest BCUT2D eigenvalue weighted by atomic mass is 10.2. The molecule has 4 heteroatoms. The van der Waals surface area contributed by atoms with E-state index in [1.165, 1.54) is 0 Å². The van der Waals surface area contributed by atoms with Crippen LogP contribution in [0.1, 0.15) is 17.7 Å². The molecule has 0 saturated carbocycles. The van der Waals surface area contributed by atoms with E-state index >= 15 is 0 Å². The molecule has 1 N–H and O–H groups in total. The Labute approximate surface area is 99.0 Å². The van der Waals surface area contributed by atoms with Crippen molar-refractivity contribution in [3.8, 4) is 0 Å². The summed E-state index contributed by atoms with van der Waals surface area (Å²) in [6.45, 7) is 0.831. The van der Waals surface area contributed by atoms with Crippen LogP contribution < -0.4 is 0 Å². The van der Waals surface area contributed by atoms with Crippen LogP contribution in [0.5, 0.6) is 0 Å². The quantitative estimate of drug-likeness (QED) is 0.814. The smallest absolute Gasteiger partial charge is 0.246 e. The Balaban J connectivity index is 1.97. The lowest BCUT2D eigenvalue weighted by Gasteiger charge is -2.21. The Morgan fingerprint density at radius 3 is 3.25 bits per heavy atom. The molecule has 1 aliphatic rings. The van der Waals surface area contributed by atoms with E-state index in [1.54, 1.807) is 22.3 Å². The van der Waals surface area contributed by atoms with Gasteiger partial charge in [-0.3, -0.25) is 4.79 Å². The minimum Gasteiger partial charge on any atom is -0.394 e. The predicted octanol–water partition coefficient (Wildman–Crippen LogP) is 1.74. The van der Waals surface area contributed by atoms with Crippen molar-refractivity contribution in [1.82, 2.24) is 4.90 Å². The van der Waals surface area contributed by atoms with E-state index in [0.717, 1.165) is 24.3 Å². The first-order valence-corrected chi connectivity index (χ1v) is 6.32. The summed E-state index contributed by atoms with van der Waals surface area (Å²) >= 11 is 1.61. The molecular formula is C12H15NO2S. The van der Waals surface area contributed by atoms with E-state index in [9.17, 15) is 4.79 Å². The van der Waals surface area contributed by atoms with Crippen LogP contribution in [0, 0.1) is 0 Å². The van der Waals surface area contributed by atoms with Crippen LogP contribution >= 0.6 is 11.3 Å². The van der Waals surface area contributed by atoms with E-state index in [4.69, 9.17) is 5.11 Å². The summed E-state index contributed by atoms with van der Waals surface area (Å²) in [4.78, 5) is 14.7. The Morgan fingerprint density at radius 2 is 2.56 bits per heavy atom. The highest BCUT2D eigenvalue weighted by Crippen LogP contribution is 2.18. The molecule has 3 nitrogen and oxygen atoms in total. The minimum atomic E-state index is 0.00458. The van der Waals surface area contributed by atoms with Crippen molar-refractivity contribution in [3.05, 3.63) is 28.5 Å². The SMILES string of the molecule is O=C(/C=C/c1cccs1)N1CCCC1CO. The van der Waals surface area contributed by atoms with Gasteiger partial charge in [0.15, 0.2) is 0 Å². The minimum absolute atomic E-state index is 0.00458. The average molecular weight is 237 g/mol. The van der Waals surface area contributed by atoms with Gasteiger partial charge in [-0.25, -0.2) is 0 Å². The molecule has 0 bridgehead atoms. The van der Waals surface area contributed by atoms with Crippen LogP contribution in [-0.4, -0.2) is 35.1 Å². The number of amides is 1. The summed E-state index contributed by atoms with van der Waals surface area (Å²) in [5.41, 5.74) is 0. The molecule has 0 aliphatic carbocycles. The number of carbonyl (C=O) groups is 1. The second kappa shape index (κ2) is 5.27. The van der Waals surface area contributed by atoms with Gasteiger partial charge in [0, 0.05) is 17.5 Å². The Morgan fingerprint density at radius 1 is 1.69 bits per heavy atom. The average Bonchev–Trinajstić information content (AvgIpc) is 2.96. The van der Waals surface area contributed by atoms with Gasteiger partial charge >= 0.3 is 0 Å². The third-order valence-electron chi connectivity index (χ3n) is 2.80. The standard InChI is InChI=1S/C12H15NO2S/c14-9-10-3-1-7-13(10)12(15)6-5-11-4-2-8-16-11/h2,4-6,8,10,14H,1,3,7,9H2/b6-5+. The molecule has 1 saturated heterocycles. The normalized spacial score (nSPS) is 20.8. The van der Waals surface area contributed by atoms with E-state index < -0.39 is 0 Å². The summed E-state index contributed by atoms with van der Waals surface area (Å²) in [7, 11) is 0. The number of carbonyl (C=O) groups excluding carboxylic acids is 1. The highest BCUT2D eigenvalue weighted by atomic mass is 32.1. The fraction of sp³-hybridized carbons (Fsp3) is 0.417. The fourth-order valence-corrected chi connectivity index (χ4v) is 2.57. The van der Waals surface area contributed by atoms with Gasteiger partial charge in [0.2, 0.25) is 5.91 Å². The molecule has 0 radical (unpaired) electrons. The second-order valence-electron chi connectivity index (χ2n) is 3.86. The highest BCUT2D eigenvalue weighted by molar-refractivity contribution is 7.10. The number of nitrogens with zero attached hydrogens (tertiary/aromatic N) is 1. The first-order valence-electron chi connectivity index (χ1n) is 5.44. The molecule has 1 aromatic rings. The molecule has 1 fully saturated rings. The highest BCUT2D eigenvalue weighted by Gasteiger charge is 2.26. The Hall–Kier alpha value is -1.13. The first-order chi connectivity index (χ1) is 7.81. The Kier molecular flexibility index (Phi) is 3.74. The molecular weight excluding hydrogens is 222 g/mol. The van der Waals surface area contributed by atoms with Crippen molar-refractivity contribution < 1.29 is 9.90 Å². The number of aliphatic hydroxyl groups is 1. The molecule has 0 aromatic carbocycles. The zero-order chi connectivity index (χ0) is 11.4. The van der Waals surface area contributed by atoms with Crippen LogP contribution in [0.25, 0.3) is 6.08 Å². The van der Waals surface area contributed by atoms with Gasteiger partial charge in [-0.1, -0.05) is 6.07 Å². The summed E-state index contributed by atoms with van der Waals surface area (Å²) in [6, 6.07) is 3.95. The summed E-state index contributed by atoms with van der Waals surface area (Å²) in [5, 5.41) is 11.1. The van der Waals surface area contributed by atoms with Gasteiger partial charge in [0.25, 0.3) is 0 Å². The van der Waals surface area contributed by atoms with Gasteiger partial charge in [-0.15, -0.1) is 11.3 Å². The molecule has 1 atom stereocenters. The maximum atomic E-state index is 11.8. The van der Waals surface area contributed by atoms with Crippen LogP contribution in [0.3, 0.4) is 0 Å². The molecule has 1 aliphatic heterocycles. The maximum absolute atomic E-state index is 11.8. The van der Waals surface area contributed by atoms with E-state index in [2.05, 4.69) is 0 Å². The van der Waals surface area contributed by atoms with Crippen LogP contribution in [-0.2, 0) is 4.79 Å². The summed E-state index contributed by atoms with van der Waals surface area (Å²) in [6.07, 6.45) is 5.33. The monoisotopic (exact) mass is 237 g/mol. The largest absolute Gasteiger partial charge is 0.394 e. The molecule has 1 amide bonds. The van der Waals surface area contributed by atoms with Gasteiger partial charge in [0.05, 0.1) is 12.6 Å². The first kappa shape index (κ1) is 11.4. The van der Waals surface area contributed by atoms with Crippen LogP contribution in [0.4, 0.5) is 0 Å². The Bertz CT molecular complexity index is 372. The van der Waals surface area contributed by atoms with Gasteiger partial charge in [0.1, 0.15) is 0 Å². The third kappa shape index (κ3) is 2.51. The number of likely N-dealkylation sites (tertiary alicyclic amines) is 1. The zero-order valence-electron chi connectivity index (χ0n) is 9.00. The fourth-order valence-electron chi connectivity index (χ4n) is 1.95. The van der Waals surface area contributed by atoms with E-state index in [-0.39, 0.29) is 18.6 Å². The molecule has 1 aromatic heterocycles. The number of hydrogen-bond donors (Lipinski definition) is 1. The lowest BCUT2D eigenvalue weighted by molar-refractivity contribution is -0.127. The molecule has 2 rings (SSSR count). The van der Waals surface area contributed by atoms with Crippen molar-refractivity contribution in [3.63, 3.8) is 0 Å². The number of aliphatic hydroxyl groups excluding tert-OH is 1. The van der Waals surface area contributed by atoms with Gasteiger partial charge < -0.3 is 10.0 Å². The molecule has 16 heavy (non-hydrogen) atoms. The predicted molar refractivity (Wildman–Crippen MR) is 65.2 cm³/mol. The van der Waals surface area contributed by atoms with E-state index in [0.29, 0.717) is 0 Å². The van der Waals surface area contributed by atoms with Gasteiger partial charge in [-0.05, 0) is 30.4 Å². The second-order valence-corrected chi connectivity index (χ2v) is 4.84. The number of thiophene rings is 1. The lowest BCUT2D eigenvalue weighted by Crippen LogP contribution is -2.36. The maximum Gasteiger partial charge on any atom is 0.246 e. The van der Waals surface area contributed by atoms with Gasteiger partial charge in [-0.2, -0.15) is 0 Å². The zero-order valence-corrected chi connectivity index (χ0v) is 9.82. The molecule has 2 heterocycles. The molecule has 1 unspecified atom stereocenters. The summed E-state index contributed by atoms with van der Waals surface area (Å²) in [5.74, 6) is 0.00458. The topological polar surface area (TPSA) is 40.5 Å². The third-order valence-corrected chi connectivity index (χ3v) is 3.64. The van der Waals surface area contributed by atoms with Crippen LogP contribution in [0.2, 0.25) is 0 Å². The number of rotatable bonds is 3. The van der Waals surface area contributed by atoms with Crippen molar-refractivity contribution >= 4 is 23.3 Å². The van der Waals surface area contributed by atoms with Crippen LogP contribution in [0.15, 0.2) is 23.6 Å².